The summed E-state index contributed by atoms with van der Waals surface area (Å²) in [7, 11) is 2.01. The number of piperidine rings is 1. The van der Waals surface area contributed by atoms with Crippen LogP contribution in [0, 0.1) is 0 Å². The van der Waals surface area contributed by atoms with E-state index in [2.05, 4.69) is 26.6 Å². The molecule has 1 aliphatic heterocycles. The highest BCUT2D eigenvalue weighted by atomic mass is 16.3. The molecule has 3 rings (SSSR count). The number of aliphatic hydroxyl groups is 1. The van der Waals surface area contributed by atoms with E-state index < -0.39 is 0 Å². The Morgan fingerprint density at radius 1 is 1.18 bits per heavy atom. The van der Waals surface area contributed by atoms with Gasteiger partial charge in [-0.25, -0.2) is 0 Å². The van der Waals surface area contributed by atoms with Crippen LogP contribution in [0.2, 0.25) is 0 Å². The first-order chi connectivity index (χ1) is 10.7. The highest BCUT2D eigenvalue weighted by molar-refractivity contribution is 5.54. The van der Waals surface area contributed by atoms with Crippen molar-refractivity contribution in [2.75, 3.05) is 6.61 Å². The Balaban J connectivity index is 1.82. The summed E-state index contributed by atoms with van der Waals surface area (Å²) in [5, 5.41) is 18.4. The number of hydrogen-bond donors (Lipinski definition) is 1. The van der Waals surface area contributed by atoms with Crippen LogP contribution in [-0.4, -0.2) is 43.5 Å². The molecule has 1 aliphatic rings. The molecule has 2 unspecified atom stereocenters. The summed E-state index contributed by atoms with van der Waals surface area (Å²) in [6, 6.07) is 10.8. The lowest BCUT2D eigenvalue weighted by molar-refractivity contribution is 0.0424. The van der Waals surface area contributed by atoms with E-state index in [1.54, 1.807) is 0 Å². The Morgan fingerprint density at radius 3 is 2.68 bits per heavy atom. The Morgan fingerprint density at radius 2 is 1.95 bits per heavy atom. The lowest BCUT2D eigenvalue weighted by Crippen LogP contribution is -2.46. The van der Waals surface area contributed by atoms with Crippen LogP contribution in [0.5, 0.6) is 0 Å². The molecule has 0 spiro atoms. The topological polar surface area (TPSA) is 54.2 Å². The first-order valence-corrected chi connectivity index (χ1v) is 8.01. The molecule has 1 fully saturated rings. The fourth-order valence-electron chi connectivity index (χ4n) is 3.32. The summed E-state index contributed by atoms with van der Waals surface area (Å²) in [6.07, 6.45) is 3.43. The van der Waals surface area contributed by atoms with Gasteiger partial charge in [0.1, 0.15) is 5.82 Å². The van der Waals surface area contributed by atoms with E-state index in [0.717, 1.165) is 30.2 Å². The highest BCUT2D eigenvalue weighted by Crippen LogP contribution is 2.25. The quantitative estimate of drug-likeness (QED) is 0.940. The summed E-state index contributed by atoms with van der Waals surface area (Å²) in [4.78, 5) is 2.36. The highest BCUT2D eigenvalue weighted by Gasteiger charge is 2.28. The molecule has 1 saturated heterocycles. The zero-order valence-electron chi connectivity index (χ0n) is 13.3. The van der Waals surface area contributed by atoms with Gasteiger partial charge in [0, 0.05) is 24.7 Å². The van der Waals surface area contributed by atoms with Crippen molar-refractivity contribution >= 4 is 0 Å². The number of likely N-dealkylation sites (tertiary alicyclic amines) is 1. The Kier molecular flexibility index (Phi) is 4.55. The van der Waals surface area contributed by atoms with Crippen LogP contribution < -0.4 is 0 Å². The molecule has 0 bridgehead atoms. The molecule has 118 valence electrons. The van der Waals surface area contributed by atoms with Crippen LogP contribution in [0.15, 0.2) is 30.3 Å². The van der Waals surface area contributed by atoms with Gasteiger partial charge < -0.3 is 9.67 Å². The zero-order valence-corrected chi connectivity index (χ0v) is 13.3. The van der Waals surface area contributed by atoms with Crippen LogP contribution in [0.25, 0.3) is 11.4 Å². The molecule has 2 heterocycles. The minimum atomic E-state index is 0.216. The Bertz CT molecular complexity index is 610. The molecule has 1 N–H and O–H groups in total. The van der Waals surface area contributed by atoms with E-state index in [0.29, 0.717) is 6.04 Å². The predicted molar refractivity (Wildman–Crippen MR) is 86.2 cm³/mol. The second-order valence-electron chi connectivity index (χ2n) is 6.15. The van der Waals surface area contributed by atoms with Crippen molar-refractivity contribution in [3.63, 3.8) is 0 Å². The lowest BCUT2D eigenvalue weighted by atomic mass is 9.97. The van der Waals surface area contributed by atoms with Crippen molar-refractivity contribution < 1.29 is 5.11 Å². The Labute approximate surface area is 131 Å². The fraction of sp³-hybridized carbons (Fsp3) is 0.529. The molecule has 22 heavy (non-hydrogen) atoms. The number of nitrogens with zero attached hydrogens (tertiary/aromatic N) is 4. The van der Waals surface area contributed by atoms with Gasteiger partial charge in [-0.3, -0.25) is 4.90 Å². The van der Waals surface area contributed by atoms with E-state index in [4.69, 9.17) is 0 Å². The number of aromatic nitrogens is 3. The van der Waals surface area contributed by atoms with Gasteiger partial charge in [-0.1, -0.05) is 36.8 Å². The van der Waals surface area contributed by atoms with Crippen molar-refractivity contribution in [1.29, 1.82) is 0 Å². The molecule has 5 heteroatoms. The first kappa shape index (κ1) is 15.2. The third-order valence-electron chi connectivity index (χ3n) is 4.73. The monoisotopic (exact) mass is 300 g/mol. The maximum atomic E-state index is 9.63. The lowest BCUT2D eigenvalue weighted by Gasteiger charge is -2.39. The molecular weight excluding hydrogens is 276 g/mol. The standard InChI is InChI=1S/C17H24N4O/c1-13-7-6-10-15(12-22)21(13)11-16-18-19-17(20(16)2)14-8-4-3-5-9-14/h3-5,8-9,13,15,22H,6-7,10-12H2,1-2H3. The summed E-state index contributed by atoms with van der Waals surface area (Å²) in [6.45, 7) is 3.19. The molecule has 0 amide bonds. The SMILES string of the molecule is CC1CCCC(CO)N1Cc1nnc(-c2ccccc2)n1C. The second kappa shape index (κ2) is 6.58. The molecule has 1 aromatic heterocycles. The van der Waals surface area contributed by atoms with E-state index in [1.165, 1.54) is 12.8 Å². The maximum Gasteiger partial charge on any atom is 0.163 e. The molecule has 0 radical (unpaired) electrons. The normalized spacial score (nSPS) is 22.9. The van der Waals surface area contributed by atoms with E-state index in [-0.39, 0.29) is 12.6 Å². The van der Waals surface area contributed by atoms with Crippen molar-refractivity contribution in [2.45, 2.75) is 44.8 Å². The van der Waals surface area contributed by atoms with Gasteiger partial charge >= 0.3 is 0 Å². The largest absolute Gasteiger partial charge is 0.395 e. The van der Waals surface area contributed by atoms with Crippen molar-refractivity contribution in [1.82, 2.24) is 19.7 Å². The fourth-order valence-corrected chi connectivity index (χ4v) is 3.32. The van der Waals surface area contributed by atoms with Gasteiger partial charge in [0.15, 0.2) is 5.82 Å². The number of benzene rings is 1. The van der Waals surface area contributed by atoms with Gasteiger partial charge in [0.05, 0.1) is 13.2 Å². The zero-order chi connectivity index (χ0) is 15.5. The average Bonchev–Trinajstić information content (AvgIpc) is 2.91. The van der Waals surface area contributed by atoms with E-state index >= 15 is 0 Å². The smallest absolute Gasteiger partial charge is 0.163 e. The van der Waals surface area contributed by atoms with Crippen molar-refractivity contribution in [2.24, 2.45) is 7.05 Å². The van der Waals surface area contributed by atoms with Gasteiger partial charge in [-0.05, 0) is 19.8 Å². The number of hydrogen-bond acceptors (Lipinski definition) is 4. The van der Waals surface area contributed by atoms with E-state index in [9.17, 15) is 5.11 Å². The molecule has 2 aromatic rings. The second-order valence-corrected chi connectivity index (χ2v) is 6.15. The molecule has 1 aromatic carbocycles. The summed E-state index contributed by atoms with van der Waals surface area (Å²) >= 11 is 0. The first-order valence-electron chi connectivity index (χ1n) is 8.01. The molecule has 0 saturated carbocycles. The summed E-state index contributed by atoms with van der Waals surface area (Å²) in [5.41, 5.74) is 1.08. The maximum absolute atomic E-state index is 9.63. The Hall–Kier alpha value is -1.72. The molecular formula is C17H24N4O. The summed E-state index contributed by atoms with van der Waals surface area (Å²) < 4.78 is 2.06. The van der Waals surface area contributed by atoms with Gasteiger partial charge in [-0.15, -0.1) is 10.2 Å². The van der Waals surface area contributed by atoms with Gasteiger partial charge in [-0.2, -0.15) is 0 Å². The van der Waals surface area contributed by atoms with E-state index in [1.807, 2.05) is 37.4 Å². The van der Waals surface area contributed by atoms with Crippen LogP contribution >= 0.6 is 0 Å². The van der Waals surface area contributed by atoms with Crippen molar-refractivity contribution in [3.8, 4) is 11.4 Å². The minimum absolute atomic E-state index is 0.216. The third-order valence-corrected chi connectivity index (χ3v) is 4.73. The van der Waals surface area contributed by atoms with Crippen LogP contribution in [0.4, 0.5) is 0 Å². The van der Waals surface area contributed by atoms with Crippen LogP contribution in [0.1, 0.15) is 32.0 Å². The average molecular weight is 300 g/mol. The predicted octanol–water partition coefficient (Wildman–Crippen LogP) is 2.22. The number of rotatable bonds is 4. The van der Waals surface area contributed by atoms with Gasteiger partial charge in [0.2, 0.25) is 0 Å². The minimum Gasteiger partial charge on any atom is -0.395 e. The third kappa shape index (κ3) is 2.91. The molecule has 0 aliphatic carbocycles. The molecule has 2 atom stereocenters. The van der Waals surface area contributed by atoms with Crippen LogP contribution in [0.3, 0.4) is 0 Å². The van der Waals surface area contributed by atoms with Gasteiger partial charge in [0.25, 0.3) is 0 Å². The number of aliphatic hydroxyl groups excluding tert-OH is 1. The van der Waals surface area contributed by atoms with Crippen LogP contribution in [-0.2, 0) is 13.6 Å². The summed E-state index contributed by atoms with van der Waals surface area (Å²) in [5.74, 6) is 1.84. The van der Waals surface area contributed by atoms with Crippen molar-refractivity contribution in [3.05, 3.63) is 36.2 Å². The molecule has 5 nitrogen and oxygen atoms in total.